The fraction of sp³-hybridized carbons (Fsp3) is 0.143. The number of fused-ring (bicyclic) bond motifs is 1. The Kier molecular flexibility index (Phi) is 4.09. The first-order valence-electron chi connectivity index (χ1n) is 9.42. The van der Waals surface area contributed by atoms with Gasteiger partial charge in [0.2, 0.25) is 5.82 Å². The van der Waals surface area contributed by atoms with Crippen molar-refractivity contribution >= 4 is 6.21 Å². The molecule has 0 bridgehead atoms. The molecule has 1 unspecified atom stereocenters. The molecular weight excluding hydrogens is 383 g/mol. The number of aliphatic imine (C=N–C) groups is 1. The van der Waals surface area contributed by atoms with Gasteiger partial charge in [0.25, 0.3) is 0 Å². The Hall–Kier alpha value is -4.01. The van der Waals surface area contributed by atoms with Crippen molar-refractivity contribution in [2.24, 2.45) is 17.8 Å². The Morgan fingerprint density at radius 2 is 1.97 bits per heavy atom. The minimum absolute atomic E-state index is 0.275. The van der Waals surface area contributed by atoms with Crippen LogP contribution in [0.2, 0.25) is 0 Å². The van der Waals surface area contributed by atoms with Gasteiger partial charge in [-0.05, 0) is 40.6 Å². The molecule has 5 rings (SSSR count). The van der Waals surface area contributed by atoms with E-state index >= 15 is 0 Å². The van der Waals surface area contributed by atoms with Crippen LogP contribution in [0.5, 0.6) is 0 Å². The number of rotatable bonds is 4. The van der Waals surface area contributed by atoms with Gasteiger partial charge in [0.1, 0.15) is 23.0 Å². The molecule has 0 saturated heterocycles. The number of hydrogen-bond donors (Lipinski definition) is 2. The second kappa shape index (κ2) is 6.80. The second-order valence-corrected chi connectivity index (χ2v) is 7.26. The average Bonchev–Trinajstić information content (AvgIpc) is 3.33. The van der Waals surface area contributed by atoms with Gasteiger partial charge >= 0.3 is 0 Å². The van der Waals surface area contributed by atoms with Gasteiger partial charge in [-0.25, -0.2) is 9.38 Å². The lowest BCUT2D eigenvalue weighted by atomic mass is 9.84. The molecule has 0 fully saturated rings. The average molecular weight is 402 g/mol. The first kappa shape index (κ1) is 18.0. The van der Waals surface area contributed by atoms with Crippen molar-refractivity contribution in [2.75, 3.05) is 0 Å². The largest absolute Gasteiger partial charge is 0.384 e. The van der Waals surface area contributed by atoms with Gasteiger partial charge in [-0.3, -0.25) is 10.4 Å². The predicted molar refractivity (Wildman–Crippen MR) is 110 cm³/mol. The van der Waals surface area contributed by atoms with Crippen LogP contribution in [0.1, 0.15) is 11.1 Å². The zero-order chi connectivity index (χ0) is 20.7. The summed E-state index contributed by atoms with van der Waals surface area (Å²) in [7, 11) is 1.72. The van der Waals surface area contributed by atoms with E-state index in [0.717, 1.165) is 22.5 Å². The molecule has 30 heavy (non-hydrogen) atoms. The number of aromatic nitrogens is 4. The summed E-state index contributed by atoms with van der Waals surface area (Å²) in [6.07, 6.45) is 5.99. The van der Waals surface area contributed by atoms with Crippen LogP contribution >= 0.6 is 0 Å². The number of tetrazole rings is 1. The zero-order valence-corrected chi connectivity index (χ0v) is 16.2. The highest BCUT2D eigenvalue weighted by Gasteiger charge is 2.44. The van der Waals surface area contributed by atoms with Gasteiger partial charge in [-0.2, -0.15) is 4.80 Å². The Labute approximate surface area is 172 Å². The number of aryl methyl sites for hydroxylation is 1. The molecule has 8 nitrogen and oxygen atoms in total. The molecule has 2 aliphatic heterocycles. The normalized spacial score (nSPS) is 19.9. The molecule has 3 N–H and O–H groups in total. The molecule has 1 atom stereocenters. The fourth-order valence-electron chi connectivity index (χ4n) is 3.79. The molecule has 0 aliphatic carbocycles. The molecule has 3 aromatic rings. The highest BCUT2D eigenvalue weighted by atomic mass is 19.1. The van der Waals surface area contributed by atoms with E-state index in [2.05, 4.69) is 25.8 Å². The van der Waals surface area contributed by atoms with Crippen LogP contribution in [0.15, 0.2) is 77.3 Å². The predicted octanol–water partition coefficient (Wildman–Crippen LogP) is 2.00. The van der Waals surface area contributed by atoms with Gasteiger partial charge in [0.15, 0.2) is 0 Å². The van der Waals surface area contributed by atoms with Gasteiger partial charge in [-0.15, -0.1) is 10.2 Å². The first-order valence-corrected chi connectivity index (χ1v) is 9.42. The van der Waals surface area contributed by atoms with Gasteiger partial charge < -0.3 is 5.73 Å². The third-order valence-electron chi connectivity index (χ3n) is 5.21. The molecule has 3 heterocycles. The number of nitrogens with zero attached hydrogens (tertiary/aromatic N) is 6. The standard InChI is InChI=1S/C21H19FN8/c1-29-27-20(25-28-29)15-5-7-16(8-6-15)21(12-14-3-2-4-17(22)11-14)13-24-19-10-9-18(23)26-30(19)21/h2-11,13,26H,12,23H2,1H3. The minimum atomic E-state index is -0.688. The van der Waals surface area contributed by atoms with Crippen molar-refractivity contribution < 1.29 is 4.39 Å². The van der Waals surface area contributed by atoms with Crippen LogP contribution in [-0.2, 0) is 19.0 Å². The topological polar surface area (TPSA) is 97.2 Å². The number of nitrogens with one attached hydrogen (secondary N) is 1. The molecule has 0 spiro atoms. The molecule has 0 saturated carbocycles. The van der Waals surface area contributed by atoms with Crippen LogP contribution in [-0.4, -0.2) is 31.4 Å². The number of hydrazine groups is 1. The smallest absolute Gasteiger partial charge is 0.204 e. The van der Waals surface area contributed by atoms with Gasteiger partial charge in [0.05, 0.1) is 7.05 Å². The van der Waals surface area contributed by atoms with Crippen molar-refractivity contribution in [1.29, 1.82) is 0 Å². The minimum Gasteiger partial charge on any atom is -0.384 e. The van der Waals surface area contributed by atoms with E-state index in [0.29, 0.717) is 18.1 Å². The highest BCUT2D eigenvalue weighted by molar-refractivity contribution is 5.78. The summed E-state index contributed by atoms with van der Waals surface area (Å²) in [5.74, 6) is 1.52. The third-order valence-corrected chi connectivity index (χ3v) is 5.21. The SMILES string of the molecule is Cn1nnc(-c2ccc(C3(Cc4cccc(F)c4)C=NC4=CC=C(N)NN43)cc2)n1. The van der Waals surface area contributed by atoms with Crippen molar-refractivity contribution in [1.82, 2.24) is 30.6 Å². The molecule has 2 aromatic carbocycles. The van der Waals surface area contributed by atoms with E-state index in [1.807, 2.05) is 47.6 Å². The summed E-state index contributed by atoms with van der Waals surface area (Å²) in [6.45, 7) is 0. The molecule has 9 heteroatoms. The molecule has 2 aliphatic rings. The quantitative estimate of drug-likeness (QED) is 0.693. The van der Waals surface area contributed by atoms with Gasteiger partial charge in [-0.1, -0.05) is 36.4 Å². The van der Waals surface area contributed by atoms with Crippen LogP contribution in [0.4, 0.5) is 4.39 Å². The Morgan fingerprint density at radius 1 is 1.13 bits per heavy atom. The molecule has 1 aromatic heterocycles. The maximum absolute atomic E-state index is 13.9. The van der Waals surface area contributed by atoms with E-state index in [1.54, 1.807) is 19.2 Å². The lowest BCUT2D eigenvalue weighted by Gasteiger charge is -2.40. The third kappa shape index (κ3) is 3.00. The summed E-state index contributed by atoms with van der Waals surface area (Å²) in [5, 5.41) is 14.1. The maximum atomic E-state index is 13.9. The molecular formula is C21H19FN8. The summed E-state index contributed by atoms with van der Waals surface area (Å²) in [5.41, 5.74) is 11.2. The number of allylic oxidation sites excluding steroid dienone is 2. The number of nitrogens with two attached hydrogens (primary N) is 1. The van der Waals surface area contributed by atoms with Crippen LogP contribution in [0.3, 0.4) is 0 Å². The summed E-state index contributed by atoms with van der Waals surface area (Å²) in [4.78, 5) is 6.01. The lowest BCUT2D eigenvalue weighted by molar-refractivity contribution is 0.157. The molecule has 0 radical (unpaired) electrons. The van der Waals surface area contributed by atoms with Crippen molar-refractivity contribution in [3.05, 3.63) is 89.3 Å². The number of benzene rings is 2. The Morgan fingerprint density at radius 3 is 2.70 bits per heavy atom. The number of halogens is 1. The Balaban J connectivity index is 1.57. The van der Waals surface area contributed by atoms with Gasteiger partial charge in [0, 0.05) is 18.2 Å². The van der Waals surface area contributed by atoms with E-state index in [4.69, 9.17) is 5.73 Å². The summed E-state index contributed by atoms with van der Waals surface area (Å²) < 4.78 is 13.9. The zero-order valence-electron chi connectivity index (χ0n) is 16.2. The molecule has 150 valence electrons. The highest BCUT2D eigenvalue weighted by Crippen LogP contribution is 2.39. The van der Waals surface area contributed by atoms with Crippen molar-refractivity contribution in [2.45, 2.75) is 12.0 Å². The van der Waals surface area contributed by atoms with E-state index in [9.17, 15) is 4.39 Å². The van der Waals surface area contributed by atoms with Crippen LogP contribution < -0.4 is 11.2 Å². The second-order valence-electron chi connectivity index (χ2n) is 7.26. The van der Waals surface area contributed by atoms with E-state index in [-0.39, 0.29) is 5.82 Å². The summed E-state index contributed by atoms with van der Waals surface area (Å²) in [6, 6.07) is 14.5. The molecule has 0 amide bonds. The van der Waals surface area contributed by atoms with Crippen molar-refractivity contribution in [3.63, 3.8) is 0 Å². The first-order chi connectivity index (χ1) is 14.5. The fourth-order valence-corrected chi connectivity index (χ4v) is 3.79. The van der Waals surface area contributed by atoms with E-state index < -0.39 is 5.54 Å². The van der Waals surface area contributed by atoms with Crippen LogP contribution in [0.25, 0.3) is 11.4 Å². The van der Waals surface area contributed by atoms with Crippen molar-refractivity contribution in [3.8, 4) is 11.4 Å². The maximum Gasteiger partial charge on any atom is 0.204 e. The summed E-state index contributed by atoms with van der Waals surface area (Å²) >= 11 is 0. The monoisotopic (exact) mass is 402 g/mol. The van der Waals surface area contributed by atoms with E-state index in [1.165, 1.54) is 16.9 Å². The number of hydrogen-bond acceptors (Lipinski definition) is 7. The lowest BCUT2D eigenvalue weighted by Crippen LogP contribution is -2.53. The Bertz CT molecular complexity index is 1190. The van der Waals surface area contributed by atoms with Crippen LogP contribution in [0, 0.1) is 5.82 Å².